The molecule has 0 saturated carbocycles. The maximum Gasteiger partial charge on any atom is 0.271 e. The number of nitrogens with zero attached hydrogens (tertiary/aromatic N) is 2. The van der Waals surface area contributed by atoms with Crippen LogP contribution in [0.25, 0.3) is 0 Å². The fraction of sp³-hybridized carbons (Fsp3) is 0.400. The number of aryl methyl sites for hydroxylation is 1. The first-order valence-electron chi connectivity index (χ1n) is 6.72. The van der Waals surface area contributed by atoms with Crippen LogP contribution in [0.2, 0.25) is 0 Å². The Kier molecular flexibility index (Phi) is 5.05. The molecule has 108 valence electrons. The number of carbonyl (C=O) groups is 1. The summed E-state index contributed by atoms with van der Waals surface area (Å²) in [6.45, 7) is 7.61. The lowest BCUT2D eigenvalue weighted by Crippen LogP contribution is -2.37. The van der Waals surface area contributed by atoms with E-state index < -0.39 is 0 Å². The van der Waals surface area contributed by atoms with Gasteiger partial charge in [-0.25, -0.2) is 0 Å². The van der Waals surface area contributed by atoms with Gasteiger partial charge in [-0.3, -0.25) is 4.79 Å². The molecule has 2 rings (SSSR count). The van der Waals surface area contributed by atoms with Crippen LogP contribution in [0.3, 0.4) is 0 Å². The van der Waals surface area contributed by atoms with Gasteiger partial charge in [-0.15, -0.1) is 11.3 Å². The molecule has 0 atom stereocenters. The van der Waals surface area contributed by atoms with Crippen LogP contribution in [-0.2, 0) is 13.1 Å². The molecule has 0 aliphatic heterocycles. The second kappa shape index (κ2) is 6.59. The molecule has 5 heteroatoms. The van der Waals surface area contributed by atoms with Crippen molar-refractivity contribution < 1.29 is 4.79 Å². The van der Waals surface area contributed by atoms with Crippen molar-refractivity contribution in [3.05, 3.63) is 44.8 Å². The van der Waals surface area contributed by atoms with Crippen LogP contribution < -0.4 is 0 Å². The Morgan fingerprint density at radius 2 is 2.25 bits per heavy atom. The zero-order valence-electron chi connectivity index (χ0n) is 12.0. The molecule has 0 N–H and O–H groups in total. The second-order valence-electron chi connectivity index (χ2n) is 4.94. The molecule has 1 amide bonds. The highest BCUT2D eigenvalue weighted by molar-refractivity contribution is 9.10. The van der Waals surface area contributed by atoms with Gasteiger partial charge in [0.2, 0.25) is 0 Å². The lowest BCUT2D eigenvalue weighted by atomic mass is 10.2. The summed E-state index contributed by atoms with van der Waals surface area (Å²) < 4.78 is 2.93. The van der Waals surface area contributed by atoms with E-state index in [1.807, 2.05) is 40.1 Å². The van der Waals surface area contributed by atoms with E-state index in [0.29, 0.717) is 6.54 Å². The van der Waals surface area contributed by atoms with E-state index in [-0.39, 0.29) is 11.9 Å². The summed E-state index contributed by atoms with van der Waals surface area (Å²) in [4.78, 5) is 15.9. The number of halogens is 1. The number of carbonyl (C=O) groups excluding carboxylic acids is 1. The third-order valence-electron chi connectivity index (χ3n) is 3.21. The first-order valence-corrected chi connectivity index (χ1v) is 8.39. The molecule has 2 aromatic rings. The van der Waals surface area contributed by atoms with E-state index in [1.54, 1.807) is 11.3 Å². The number of amides is 1. The highest BCUT2D eigenvalue weighted by Crippen LogP contribution is 2.20. The van der Waals surface area contributed by atoms with Gasteiger partial charge in [0.05, 0.1) is 6.54 Å². The van der Waals surface area contributed by atoms with Crippen LogP contribution in [0, 0.1) is 0 Å². The average Bonchev–Trinajstić information content (AvgIpc) is 3.03. The smallest absolute Gasteiger partial charge is 0.271 e. The topological polar surface area (TPSA) is 25.2 Å². The lowest BCUT2D eigenvalue weighted by molar-refractivity contribution is 0.0681. The third-order valence-corrected chi connectivity index (χ3v) is 4.51. The first-order chi connectivity index (χ1) is 9.52. The van der Waals surface area contributed by atoms with Crippen molar-refractivity contribution in [3.63, 3.8) is 0 Å². The van der Waals surface area contributed by atoms with Crippen molar-refractivity contribution in [2.75, 3.05) is 0 Å². The van der Waals surface area contributed by atoms with Crippen molar-refractivity contribution in [1.29, 1.82) is 0 Å². The molecule has 0 unspecified atom stereocenters. The van der Waals surface area contributed by atoms with Gasteiger partial charge in [-0.1, -0.05) is 6.07 Å². The highest BCUT2D eigenvalue weighted by atomic mass is 79.9. The summed E-state index contributed by atoms with van der Waals surface area (Å²) in [5, 5.41) is 2.05. The van der Waals surface area contributed by atoms with Gasteiger partial charge in [-0.05, 0) is 54.2 Å². The SMILES string of the molecule is CCn1cc(Br)cc1C(=O)N(Cc1cccs1)C(C)C. The molecule has 2 heterocycles. The molecule has 0 saturated heterocycles. The molecule has 0 aliphatic carbocycles. The number of rotatable bonds is 5. The molecular weight excluding hydrogens is 336 g/mol. The molecule has 0 spiro atoms. The fourth-order valence-corrected chi connectivity index (χ4v) is 3.29. The van der Waals surface area contributed by atoms with E-state index in [9.17, 15) is 4.79 Å². The number of aromatic nitrogens is 1. The largest absolute Gasteiger partial charge is 0.343 e. The minimum atomic E-state index is 0.0842. The number of hydrogen-bond donors (Lipinski definition) is 0. The number of thiophene rings is 1. The Labute approximate surface area is 132 Å². The van der Waals surface area contributed by atoms with Gasteiger partial charge in [0.25, 0.3) is 5.91 Å². The fourth-order valence-electron chi connectivity index (χ4n) is 2.12. The molecule has 3 nitrogen and oxygen atoms in total. The van der Waals surface area contributed by atoms with Gasteiger partial charge in [-0.2, -0.15) is 0 Å². The molecule has 0 radical (unpaired) electrons. The van der Waals surface area contributed by atoms with Crippen molar-refractivity contribution in [2.24, 2.45) is 0 Å². The molecule has 0 aliphatic rings. The Hall–Kier alpha value is -1.07. The maximum absolute atomic E-state index is 12.8. The standard InChI is InChI=1S/C15H19BrN2OS/c1-4-17-9-12(16)8-14(17)15(19)18(11(2)3)10-13-6-5-7-20-13/h5-9,11H,4,10H2,1-3H3. The van der Waals surface area contributed by atoms with Gasteiger partial charge < -0.3 is 9.47 Å². The zero-order valence-corrected chi connectivity index (χ0v) is 14.4. The second-order valence-corrected chi connectivity index (χ2v) is 6.88. The summed E-state index contributed by atoms with van der Waals surface area (Å²) in [7, 11) is 0. The van der Waals surface area contributed by atoms with Crippen LogP contribution in [0.4, 0.5) is 0 Å². The van der Waals surface area contributed by atoms with Crippen LogP contribution in [0.15, 0.2) is 34.2 Å². The highest BCUT2D eigenvalue weighted by Gasteiger charge is 2.22. The molecule has 20 heavy (non-hydrogen) atoms. The Balaban J connectivity index is 2.26. The van der Waals surface area contributed by atoms with Crippen molar-refractivity contribution in [1.82, 2.24) is 9.47 Å². The van der Waals surface area contributed by atoms with Crippen molar-refractivity contribution in [3.8, 4) is 0 Å². The molecule has 0 bridgehead atoms. The molecule has 0 aromatic carbocycles. The van der Waals surface area contributed by atoms with Crippen LogP contribution in [-0.4, -0.2) is 21.4 Å². The van der Waals surface area contributed by atoms with E-state index in [1.165, 1.54) is 4.88 Å². The normalized spacial score (nSPS) is 11.1. The van der Waals surface area contributed by atoms with Gasteiger partial charge >= 0.3 is 0 Å². The molecule has 0 fully saturated rings. The van der Waals surface area contributed by atoms with E-state index in [2.05, 4.69) is 35.8 Å². The van der Waals surface area contributed by atoms with Crippen LogP contribution >= 0.6 is 27.3 Å². The van der Waals surface area contributed by atoms with Crippen LogP contribution in [0.1, 0.15) is 36.1 Å². The monoisotopic (exact) mass is 354 g/mol. The Morgan fingerprint density at radius 1 is 1.50 bits per heavy atom. The van der Waals surface area contributed by atoms with E-state index in [4.69, 9.17) is 0 Å². The van der Waals surface area contributed by atoms with E-state index >= 15 is 0 Å². The van der Waals surface area contributed by atoms with Crippen molar-refractivity contribution >= 4 is 33.2 Å². The summed E-state index contributed by atoms with van der Waals surface area (Å²) in [6.07, 6.45) is 1.96. The maximum atomic E-state index is 12.8. The minimum absolute atomic E-state index is 0.0842. The molecular formula is C15H19BrN2OS. The predicted octanol–water partition coefficient (Wildman–Crippen LogP) is 4.38. The average molecular weight is 355 g/mol. The predicted molar refractivity (Wildman–Crippen MR) is 87.1 cm³/mol. The Bertz CT molecular complexity index is 575. The quantitative estimate of drug-likeness (QED) is 0.781. The summed E-state index contributed by atoms with van der Waals surface area (Å²) in [5.74, 6) is 0.0842. The van der Waals surface area contributed by atoms with Gasteiger partial charge in [0.15, 0.2) is 0 Å². The van der Waals surface area contributed by atoms with E-state index in [0.717, 1.165) is 16.7 Å². The number of hydrogen-bond acceptors (Lipinski definition) is 2. The Morgan fingerprint density at radius 3 is 2.80 bits per heavy atom. The summed E-state index contributed by atoms with van der Waals surface area (Å²) in [5.41, 5.74) is 0.740. The zero-order chi connectivity index (χ0) is 14.7. The van der Waals surface area contributed by atoms with Gasteiger partial charge in [0.1, 0.15) is 5.69 Å². The first kappa shape index (κ1) is 15.3. The summed E-state index contributed by atoms with van der Waals surface area (Å²) in [6, 6.07) is 6.16. The third kappa shape index (κ3) is 3.33. The van der Waals surface area contributed by atoms with Crippen LogP contribution in [0.5, 0.6) is 0 Å². The van der Waals surface area contributed by atoms with Crippen molar-refractivity contribution in [2.45, 2.75) is 39.9 Å². The minimum Gasteiger partial charge on any atom is -0.343 e. The lowest BCUT2D eigenvalue weighted by Gasteiger charge is -2.26. The summed E-state index contributed by atoms with van der Waals surface area (Å²) >= 11 is 5.14. The van der Waals surface area contributed by atoms with Gasteiger partial charge in [0, 0.05) is 28.1 Å². The molecule has 2 aromatic heterocycles.